The van der Waals surface area contributed by atoms with Crippen LogP contribution >= 0.6 is 0 Å². The number of urea groups is 1. The minimum Gasteiger partial charge on any atom is -0.383 e. The fraction of sp³-hybridized carbons (Fsp3) is 0.136. The van der Waals surface area contributed by atoms with Crippen molar-refractivity contribution in [3.05, 3.63) is 71.4 Å². The molecule has 0 bridgehead atoms. The van der Waals surface area contributed by atoms with E-state index in [9.17, 15) is 9.59 Å². The van der Waals surface area contributed by atoms with E-state index in [1.54, 1.807) is 23.9 Å². The Hall–Kier alpha value is -4.27. The van der Waals surface area contributed by atoms with E-state index in [4.69, 9.17) is 5.73 Å². The number of carbonyl (C=O) groups excluding carboxylic acids is 2. The molecule has 0 spiro atoms. The monoisotopic (exact) mass is 415 g/mol. The summed E-state index contributed by atoms with van der Waals surface area (Å²) in [6.07, 6.45) is 5.93. The summed E-state index contributed by atoms with van der Waals surface area (Å²) in [5.74, 6) is -0.0671. The van der Waals surface area contributed by atoms with Crippen LogP contribution in [0.25, 0.3) is 11.0 Å². The number of benzene rings is 1. The van der Waals surface area contributed by atoms with Crippen molar-refractivity contribution < 1.29 is 9.59 Å². The number of aryl methyl sites for hydroxylation is 3. The highest BCUT2D eigenvalue weighted by Crippen LogP contribution is 2.26. The lowest BCUT2D eigenvalue weighted by molar-refractivity contribution is 0.103. The molecule has 4 rings (SSSR count). The Bertz CT molecular complexity index is 1310. The van der Waals surface area contributed by atoms with Crippen molar-refractivity contribution >= 4 is 40.0 Å². The Morgan fingerprint density at radius 2 is 1.81 bits per heavy atom. The van der Waals surface area contributed by atoms with E-state index in [1.807, 2.05) is 32.0 Å². The fourth-order valence-corrected chi connectivity index (χ4v) is 3.48. The van der Waals surface area contributed by atoms with Crippen LogP contribution in [-0.4, -0.2) is 31.3 Å². The van der Waals surface area contributed by atoms with Crippen LogP contribution in [0.5, 0.6) is 0 Å². The highest BCUT2D eigenvalue weighted by Gasteiger charge is 2.20. The molecule has 3 heterocycles. The third-order valence-corrected chi connectivity index (χ3v) is 5.01. The Labute approximate surface area is 178 Å². The number of nitrogens with zero attached hydrogens (tertiary/aromatic N) is 4. The fourth-order valence-electron chi connectivity index (χ4n) is 3.48. The maximum atomic E-state index is 13.2. The number of fused-ring (bicyclic) bond motifs is 1. The smallest absolute Gasteiger partial charge is 0.323 e. The lowest BCUT2D eigenvalue weighted by Gasteiger charge is -2.12. The first kappa shape index (κ1) is 20.0. The van der Waals surface area contributed by atoms with Crippen molar-refractivity contribution in [2.45, 2.75) is 13.8 Å². The van der Waals surface area contributed by atoms with Gasteiger partial charge < -0.3 is 20.9 Å². The van der Waals surface area contributed by atoms with E-state index in [2.05, 4.69) is 25.6 Å². The van der Waals surface area contributed by atoms with Gasteiger partial charge in [-0.3, -0.25) is 9.78 Å². The van der Waals surface area contributed by atoms with Gasteiger partial charge in [-0.1, -0.05) is 18.2 Å². The zero-order chi connectivity index (χ0) is 22.1. The Morgan fingerprint density at radius 1 is 1.06 bits per heavy atom. The Balaban J connectivity index is 1.59. The zero-order valence-corrected chi connectivity index (χ0v) is 17.3. The number of aromatic nitrogens is 4. The molecule has 0 fully saturated rings. The molecule has 0 saturated carbocycles. The van der Waals surface area contributed by atoms with Gasteiger partial charge in [0.05, 0.1) is 22.8 Å². The second-order valence-electron chi connectivity index (χ2n) is 7.25. The molecule has 0 aliphatic heterocycles. The molecule has 0 atom stereocenters. The molecule has 9 heteroatoms. The van der Waals surface area contributed by atoms with Crippen molar-refractivity contribution in [3.63, 3.8) is 0 Å². The summed E-state index contributed by atoms with van der Waals surface area (Å²) in [6.45, 7) is 3.84. The first-order valence-corrected chi connectivity index (χ1v) is 9.54. The van der Waals surface area contributed by atoms with Gasteiger partial charge in [0.15, 0.2) is 5.78 Å². The van der Waals surface area contributed by atoms with Crippen LogP contribution in [0.1, 0.15) is 27.0 Å². The molecule has 9 nitrogen and oxygen atoms in total. The molecule has 0 radical (unpaired) electrons. The van der Waals surface area contributed by atoms with Crippen molar-refractivity contribution in [3.8, 4) is 0 Å². The normalized spacial score (nSPS) is 10.8. The average Bonchev–Trinajstić information content (AvgIpc) is 3.08. The SMILES string of the molecule is Cc1cccc(C)c1NC(=O)Nc1cncc(C(=O)c2cn(C)c3ncnc(N)c23)c1. The lowest BCUT2D eigenvalue weighted by atomic mass is 10.1. The standard InChI is InChI=1S/C22H21N7O2/c1-12-5-4-6-13(2)18(12)28-22(31)27-15-7-14(8-24-9-15)19(30)16-10-29(3)21-17(16)20(23)25-11-26-21/h4-11H,1-3H3,(H2,23,25,26)(H2,27,28,31). The van der Waals surface area contributed by atoms with Crippen LogP contribution in [0.2, 0.25) is 0 Å². The number of anilines is 3. The minimum absolute atomic E-state index is 0.226. The van der Waals surface area contributed by atoms with Crippen LogP contribution in [0.15, 0.2) is 49.2 Å². The van der Waals surface area contributed by atoms with Crippen LogP contribution < -0.4 is 16.4 Å². The predicted molar refractivity (Wildman–Crippen MR) is 119 cm³/mol. The molecule has 4 N–H and O–H groups in total. The molecule has 0 aliphatic rings. The van der Waals surface area contributed by atoms with Gasteiger partial charge in [-0.2, -0.15) is 0 Å². The van der Waals surface area contributed by atoms with Gasteiger partial charge >= 0.3 is 6.03 Å². The highest BCUT2D eigenvalue weighted by atomic mass is 16.2. The molecule has 4 aromatic rings. The van der Waals surface area contributed by atoms with Crippen molar-refractivity contribution in [1.29, 1.82) is 0 Å². The summed E-state index contributed by atoms with van der Waals surface area (Å²) in [4.78, 5) is 37.9. The molecular formula is C22H21N7O2. The summed E-state index contributed by atoms with van der Waals surface area (Å²) in [7, 11) is 1.78. The van der Waals surface area contributed by atoms with Gasteiger partial charge in [-0.05, 0) is 31.0 Å². The number of hydrogen-bond acceptors (Lipinski definition) is 6. The number of amides is 2. The van der Waals surface area contributed by atoms with Gasteiger partial charge in [-0.15, -0.1) is 0 Å². The van der Waals surface area contributed by atoms with Gasteiger partial charge in [0, 0.05) is 30.7 Å². The third-order valence-electron chi connectivity index (χ3n) is 5.01. The first-order valence-electron chi connectivity index (χ1n) is 9.54. The van der Waals surface area contributed by atoms with Crippen LogP contribution in [0, 0.1) is 13.8 Å². The molecule has 2 amide bonds. The third kappa shape index (κ3) is 3.80. The van der Waals surface area contributed by atoms with Crippen LogP contribution in [0.3, 0.4) is 0 Å². The van der Waals surface area contributed by atoms with Gasteiger partial charge in [0.25, 0.3) is 0 Å². The topological polar surface area (TPSA) is 128 Å². The molecule has 0 unspecified atom stereocenters. The molecule has 0 aliphatic carbocycles. The van der Waals surface area contributed by atoms with Crippen molar-refractivity contribution in [2.24, 2.45) is 7.05 Å². The zero-order valence-electron chi connectivity index (χ0n) is 17.3. The van der Waals surface area contributed by atoms with Gasteiger partial charge in [0.2, 0.25) is 0 Å². The van der Waals surface area contributed by atoms with Crippen LogP contribution in [-0.2, 0) is 7.05 Å². The largest absolute Gasteiger partial charge is 0.383 e. The molecule has 156 valence electrons. The average molecular weight is 415 g/mol. The first-order chi connectivity index (χ1) is 14.8. The number of rotatable bonds is 4. The molecule has 31 heavy (non-hydrogen) atoms. The Morgan fingerprint density at radius 3 is 2.55 bits per heavy atom. The predicted octanol–water partition coefficient (Wildman–Crippen LogP) is 3.44. The second kappa shape index (κ2) is 7.86. The maximum absolute atomic E-state index is 13.2. The molecule has 0 saturated heterocycles. The number of nitrogens with one attached hydrogen (secondary N) is 2. The molecular weight excluding hydrogens is 394 g/mol. The number of ketones is 1. The number of carbonyl (C=O) groups is 2. The van der Waals surface area contributed by atoms with Gasteiger partial charge in [-0.25, -0.2) is 14.8 Å². The number of hydrogen-bond donors (Lipinski definition) is 3. The van der Waals surface area contributed by atoms with E-state index >= 15 is 0 Å². The minimum atomic E-state index is -0.424. The van der Waals surface area contributed by atoms with Gasteiger partial charge in [0.1, 0.15) is 17.8 Å². The second-order valence-corrected chi connectivity index (χ2v) is 7.25. The van der Waals surface area contributed by atoms with E-state index < -0.39 is 6.03 Å². The van der Waals surface area contributed by atoms with Crippen molar-refractivity contribution in [2.75, 3.05) is 16.4 Å². The van der Waals surface area contributed by atoms with E-state index in [0.717, 1.165) is 16.8 Å². The number of para-hydroxylation sites is 1. The summed E-state index contributed by atoms with van der Waals surface area (Å²) >= 11 is 0. The Kier molecular flexibility index (Phi) is 5.08. The summed E-state index contributed by atoms with van der Waals surface area (Å²) < 4.78 is 1.72. The summed E-state index contributed by atoms with van der Waals surface area (Å²) in [6, 6.07) is 6.91. The lowest BCUT2D eigenvalue weighted by Crippen LogP contribution is -2.21. The maximum Gasteiger partial charge on any atom is 0.323 e. The summed E-state index contributed by atoms with van der Waals surface area (Å²) in [5.41, 5.74) is 10.3. The number of pyridine rings is 1. The molecule has 1 aromatic carbocycles. The summed E-state index contributed by atoms with van der Waals surface area (Å²) in [5, 5.41) is 6.06. The van der Waals surface area contributed by atoms with Crippen molar-refractivity contribution in [1.82, 2.24) is 19.5 Å². The van der Waals surface area contributed by atoms with Crippen LogP contribution in [0.4, 0.5) is 22.0 Å². The highest BCUT2D eigenvalue weighted by molar-refractivity contribution is 6.18. The van der Waals surface area contributed by atoms with E-state index in [-0.39, 0.29) is 11.6 Å². The number of nitrogen functional groups attached to an aromatic ring is 1. The number of nitrogens with two attached hydrogens (primary N) is 1. The molecule has 3 aromatic heterocycles. The quantitative estimate of drug-likeness (QED) is 0.438. The van der Waals surface area contributed by atoms with E-state index in [1.165, 1.54) is 18.7 Å². The van der Waals surface area contributed by atoms with E-state index in [0.29, 0.717) is 27.8 Å².